The lowest BCUT2D eigenvalue weighted by Crippen LogP contribution is -2.31. The van der Waals surface area contributed by atoms with E-state index in [9.17, 15) is 13.2 Å². The van der Waals surface area contributed by atoms with Gasteiger partial charge in [0.1, 0.15) is 0 Å². The molecule has 0 bridgehead atoms. The third kappa shape index (κ3) is 3.19. The summed E-state index contributed by atoms with van der Waals surface area (Å²) in [6.45, 7) is 3.75. The second kappa shape index (κ2) is 6.80. The zero-order chi connectivity index (χ0) is 19.2. The number of aromatic nitrogens is 2. The molecule has 0 aliphatic carbocycles. The smallest absolute Gasteiger partial charge is 0.257 e. The van der Waals surface area contributed by atoms with Crippen LogP contribution in [0.15, 0.2) is 57.3 Å². The minimum absolute atomic E-state index is 0.0981. The maximum absolute atomic E-state index is 13.0. The summed E-state index contributed by atoms with van der Waals surface area (Å²) in [5.41, 5.74) is 1.29. The van der Waals surface area contributed by atoms with Crippen LogP contribution in [-0.2, 0) is 16.3 Å². The summed E-state index contributed by atoms with van der Waals surface area (Å²) in [5.74, 6) is 0.445. The summed E-state index contributed by atoms with van der Waals surface area (Å²) in [5, 5.41) is 2.51. The number of hydrogen-bond donors (Lipinski definition) is 0. The van der Waals surface area contributed by atoms with Crippen LogP contribution < -0.4 is 5.56 Å². The summed E-state index contributed by atoms with van der Waals surface area (Å²) in [7, 11) is -3.53. The second-order valence-electron chi connectivity index (χ2n) is 6.74. The van der Waals surface area contributed by atoms with Crippen LogP contribution in [0.3, 0.4) is 0 Å². The number of thioether (sulfide) groups is 1. The molecule has 0 saturated carbocycles. The molecule has 0 fully saturated rings. The molecule has 0 radical (unpaired) electrons. The minimum atomic E-state index is -3.53. The van der Waals surface area contributed by atoms with Crippen LogP contribution in [0.1, 0.15) is 24.2 Å². The van der Waals surface area contributed by atoms with Crippen molar-refractivity contribution in [2.75, 3.05) is 11.5 Å². The fourth-order valence-electron chi connectivity index (χ4n) is 3.56. The second-order valence-corrected chi connectivity index (χ2v) is 9.76. The molecule has 3 aromatic rings. The first kappa shape index (κ1) is 18.3. The number of hydrogen-bond acceptors (Lipinski definition) is 5. The van der Waals surface area contributed by atoms with Crippen LogP contribution >= 0.6 is 11.8 Å². The molecule has 1 aromatic heterocycles. The van der Waals surface area contributed by atoms with Gasteiger partial charge >= 0.3 is 0 Å². The van der Waals surface area contributed by atoms with Crippen LogP contribution in [0.2, 0.25) is 0 Å². The molecule has 0 spiro atoms. The van der Waals surface area contributed by atoms with Gasteiger partial charge in [0.05, 0.1) is 16.7 Å². The molecular weight excluding hydrogens is 380 g/mol. The first-order valence-electron chi connectivity index (χ1n) is 8.87. The molecule has 0 N–H and O–H groups in total. The van der Waals surface area contributed by atoms with Gasteiger partial charge in [0.15, 0.2) is 15.0 Å². The van der Waals surface area contributed by atoms with Crippen LogP contribution in [0.5, 0.6) is 0 Å². The van der Waals surface area contributed by atoms with Gasteiger partial charge in [-0.1, -0.05) is 49.0 Å². The summed E-state index contributed by atoms with van der Waals surface area (Å²) in [6, 6.07) is 12.5. The van der Waals surface area contributed by atoms with Crippen molar-refractivity contribution in [3.05, 3.63) is 64.1 Å². The Morgan fingerprint density at radius 2 is 1.93 bits per heavy atom. The van der Waals surface area contributed by atoms with E-state index < -0.39 is 15.9 Å². The van der Waals surface area contributed by atoms with Crippen molar-refractivity contribution in [3.8, 4) is 0 Å². The third-order valence-corrected chi connectivity index (χ3v) is 7.89. The highest BCUT2D eigenvalue weighted by molar-refractivity contribution is 7.99. The SMILES string of the molecule is CCc1c(C)nc2n(c1=O)C(CS(=O)(=O)c1ccc3ccccc3c1)CS2. The van der Waals surface area contributed by atoms with Crippen LogP contribution in [0.25, 0.3) is 10.8 Å². The van der Waals surface area contributed by atoms with Gasteiger partial charge in [-0.3, -0.25) is 9.36 Å². The Bertz CT molecular complexity index is 1200. The standard InChI is InChI=1S/C20H20N2O3S2/c1-3-18-13(2)21-20-22(19(18)23)16(11-26-20)12-27(24,25)17-9-8-14-6-4-5-7-15(14)10-17/h4-10,16H,3,11-12H2,1-2H3. The van der Waals surface area contributed by atoms with E-state index in [4.69, 9.17) is 0 Å². The van der Waals surface area contributed by atoms with Crippen molar-refractivity contribution < 1.29 is 8.42 Å². The van der Waals surface area contributed by atoms with E-state index >= 15 is 0 Å². The Hall–Kier alpha value is -2.12. The lowest BCUT2D eigenvalue weighted by atomic mass is 10.1. The summed E-state index contributed by atoms with van der Waals surface area (Å²) >= 11 is 1.45. The average Bonchev–Trinajstić information content (AvgIpc) is 3.03. The first-order chi connectivity index (χ1) is 12.9. The molecular formula is C20H20N2O3S2. The van der Waals surface area contributed by atoms with Gasteiger partial charge < -0.3 is 0 Å². The van der Waals surface area contributed by atoms with Crippen molar-refractivity contribution in [1.29, 1.82) is 0 Å². The fraction of sp³-hybridized carbons (Fsp3) is 0.300. The minimum Gasteiger partial charge on any atom is -0.282 e. The monoisotopic (exact) mass is 400 g/mol. The molecule has 2 aromatic carbocycles. The van der Waals surface area contributed by atoms with Gasteiger partial charge in [-0.05, 0) is 36.2 Å². The summed E-state index contributed by atoms with van der Waals surface area (Å²) in [6.07, 6.45) is 0.590. The highest BCUT2D eigenvalue weighted by Crippen LogP contribution is 2.33. The number of benzene rings is 2. The topological polar surface area (TPSA) is 69.0 Å². The Morgan fingerprint density at radius 1 is 1.19 bits per heavy atom. The lowest BCUT2D eigenvalue weighted by molar-refractivity contribution is 0.520. The van der Waals surface area contributed by atoms with Crippen molar-refractivity contribution in [2.24, 2.45) is 0 Å². The van der Waals surface area contributed by atoms with Gasteiger partial charge in [0, 0.05) is 17.0 Å². The van der Waals surface area contributed by atoms with E-state index in [-0.39, 0.29) is 11.3 Å². The predicted molar refractivity (Wildman–Crippen MR) is 108 cm³/mol. The van der Waals surface area contributed by atoms with E-state index in [1.165, 1.54) is 11.8 Å². The van der Waals surface area contributed by atoms with Gasteiger partial charge in [0.2, 0.25) is 0 Å². The average molecular weight is 401 g/mol. The molecule has 0 amide bonds. The molecule has 2 heterocycles. The quantitative estimate of drug-likeness (QED) is 0.628. The zero-order valence-electron chi connectivity index (χ0n) is 15.2. The third-order valence-electron chi connectivity index (χ3n) is 5.00. The molecule has 1 atom stereocenters. The van der Waals surface area contributed by atoms with Crippen LogP contribution in [0, 0.1) is 6.92 Å². The Labute approximate surface area is 162 Å². The highest BCUT2D eigenvalue weighted by Gasteiger charge is 2.31. The van der Waals surface area contributed by atoms with Gasteiger partial charge in [-0.25, -0.2) is 13.4 Å². The van der Waals surface area contributed by atoms with Gasteiger partial charge in [-0.15, -0.1) is 0 Å². The Morgan fingerprint density at radius 3 is 2.67 bits per heavy atom. The molecule has 140 valence electrons. The summed E-state index contributed by atoms with van der Waals surface area (Å²) < 4.78 is 27.6. The normalized spacial score (nSPS) is 16.6. The molecule has 7 heteroatoms. The van der Waals surface area contributed by atoms with Crippen molar-refractivity contribution in [2.45, 2.75) is 36.4 Å². The molecule has 4 rings (SSSR count). The van der Waals surface area contributed by atoms with Crippen LogP contribution in [-0.4, -0.2) is 29.5 Å². The molecule has 1 aliphatic heterocycles. The number of nitrogens with zero attached hydrogens (tertiary/aromatic N) is 2. The maximum Gasteiger partial charge on any atom is 0.257 e. The largest absolute Gasteiger partial charge is 0.282 e. The predicted octanol–water partition coefficient (Wildman–Crippen LogP) is 3.39. The number of rotatable bonds is 4. The van der Waals surface area contributed by atoms with Crippen molar-refractivity contribution in [3.63, 3.8) is 0 Å². The summed E-state index contributed by atoms with van der Waals surface area (Å²) in [4.78, 5) is 17.6. The van der Waals surface area contributed by atoms with Gasteiger partial charge in [-0.2, -0.15) is 0 Å². The Kier molecular flexibility index (Phi) is 4.60. The molecule has 1 aliphatic rings. The number of fused-ring (bicyclic) bond motifs is 2. The first-order valence-corrected chi connectivity index (χ1v) is 11.5. The van der Waals surface area contributed by atoms with Crippen molar-refractivity contribution in [1.82, 2.24) is 9.55 Å². The van der Waals surface area contributed by atoms with Crippen LogP contribution in [0.4, 0.5) is 0 Å². The maximum atomic E-state index is 13.0. The molecule has 27 heavy (non-hydrogen) atoms. The van der Waals surface area contributed by atoms with E-state index in [2.05, 4.69) is 4.98 Å². The molecule has 0 saturated heterocycles. The highest BCUT2D eigenvalue weighted by atomic mass is 32.2. The molecule has 1 unspecified atom stereocenters. The lowest BCUT2D eigenvalue weighted by Gasteiger charge is -2.15. The van der Waals surface area contributed by atoms with Gasteiger partial charge in [0.25, 0.3) is 5.56 Å². The number of sulfone groups is 1. The van der Waals surface area contributed by atoms with Crippen molar-refractivity contribution >= 4 is 32.4 Å². The van der Waals surface area contributed by atoms with E-state index in [1.807, 2.05) is 44.2 Å². The fourth-order valence-corrected chi connectivity index (χ4v) is 6.44. The van der Waals surface area contributed by atoms with E-state index in [0.717, 1.165) is 16.5 Å². The zero-order valence-corrected chi connectivity index (χ0v) is 16.8. The van der Waals surface area contributed by atoms with E-state index in [0.29, 0.717) is 27.8 Å². The Balaban J connectivity index is 1.72. The molecule has 5 nitrogen and oxygen atoms in total. The number of aryl methyl sites for hydroxylation is 1. The van der Waals surface area contributed by atoms with E-state index in [1.54, 1.807) is 16.7 Å².